The van der Waals surface area contributed by atoms with Gasteiger partial charge in [-0.15, -0.1) is 10.2 Å². The fourth-order valence-corrected chi connectivity index (χ4v) is 2.10. The number of nitrogens with zero attached hydrogens (tertiary/aromatic N) is 2. The molecular weight excluding hydrogens is 308 g/mol. The maximum Gasteiger partial charge on any atom is 0.323 e. The Morgan fingerprint density at radius 3 is 2.46 bits per heavy atom. The topological polar surface area (TPSA) is 89.3 Å². The van der Waals surface area contributed by atoms with Crippen molar-refractivity contribution in [2.75, 3.05) is 17.7 Å². The fraction of sp³-hybridized carbons (Fsp3) is 0.118. The minimum absolute atomic E-state index is 0.343. The molecule has 122 valence electrons. The number of aromatic nitrogens is 2. The second kappa shape index (κ2) is 6.82. The molecule has 0 aliphatic rings. The fourth-order valence-electron chi connectivity index (χ4n) is 2.10. The molecule has 0 fully saturated rings. The molecule has 7 heteroatoms. The van der Waals surface area contributed by atoms with E-state index in [-0.39, 0.29) is 6.03 Å². The van der Waals surface area contributed by atoms with E-state index in [1.807, 2.05) is 0 Å². The number of hydrogen-bond acceptors (Lipinski definition) is 5. The van der Waals surface area contributed by atoms with Crippen LogP contribution in [0.3, 0.4) is 0 Å². The van der Waals surface area contributed by atoms with Crippen molar-refractivity contribution >= 4 is 17.4 Å². The van der Waals surface area contributed by atoms with E-state index in [0.717, 1.165) is 5.56 Å². The lowest BCUT2D eigenvalue weighted by atomic mass is 10.2. The molecule has 0 spiro atoms. The largest absolute Gasteiger partial charge is 0.497 e. The highest BCUT2D eigenvalue weighted by Crippen LogP contribution is 2.21. The molecule has 0 saturated carbocycles. The van der Waals surface area contributed by atoms with E-state index < -0.39 is 0 Å². The number of carbonyl (C=O) groups excluding carboxylic acids is 1. The third-order valence-corrected chi connectivity index (χ3v) is 3.24. The Labute approximate surface area is 138 Å². The molecule has 3 aromatic rings. The van der Waals surface area contributed by atoms with Crippen LogP contribution in [0.25, 0.3) is 11.5 Å². The van der Waals surface area contributed by atoms with E-state index in [4.69, 9.17) is 9.15 Å². The predicted octanol–water partition coefficient (Wildman–Crippen LogP) is 3.70. The molecule has 7 nitrogen and oxygen atoms in total. The number of hydrogen-bond donors (Lipinski definition) is 2. The normalized spacial score (nSPS) is 10.2. The smallest absolute Gasteiger partial charge is 0.323 e. The van der Waals surface area contributed by atoms with Crippen LogP contribution < -0.4 is 15.4 Å². The molecule has 2 N–H and O–H groups in total. The number of ether oxygens (including phenoxy) is 1. The molecule has 0 bridgehead atoms. The van der Waals surface area contributed by atoms with Gasteiger partial charge in [0, 0.05) is 29.9 Å². The third-order valence-electron chi connectivity index (χ3n) is 3.24. The van der Waals surface area contributed by atoms with Crippen LogP contribution in [0.1, 0.15) is 5.89 Å². The van der Waals surface area contributed by atoms with Crippen LogP contribution in [-0.2, 0) is 0 Å². The van der Waals surface area contributed by atoms with Crippen LogP contribution in [0.4, 0.5) is 16.2 Å². The number of rotatable bonds is 4. The SMILES string of the molecule is COc1cccc(NC(=O)Nc2ccc(-c3nnc(C)o3)cc2)c1. The summed E-state index contributed by atoms with van der Waals surface area (Å²) in [6, 6.07) is 13.9. The summed E-state index contributed by atoms with van der Waals surface area (Å²) in [7, 11) is 1.58. The standard InChI is InChI=1S/C17H16N4O3/c1-11-20-21-16(24-11)12-6-8-13(9-7-12)18-17(22)19-14-4-3-5-15(10-14)23-2/h3-10H,1-2H3,(H2,18,19,22). The number of methoxy groups -OCH3 is 1. The molecule has 1 aromatic heterocycles. The Kier molecular flexibility index (Phi) is 4.42. The number of urea groups is 1. The van der Waals surface area contributed by atoms with Crippen LogP contribution in [0.15, 0.2) is 52.9 Å². The Morgan fingerprint density at radius 2 is 1.79 bits per heavy atom. The van der Waals surface area contributed by atoms with Crippen LogP contribution >= 0.6 is 0 Å². The highest BCUT2D eigenvalue weighted by atomic mass is 16.5. The molecule has 24 heavy (non-hydrogen) atoms. The third kappa shape index (κ3) is 3.70. The first-order valence-electron chi connectivity index (χ1n) is 7.26. The molecule has 2 amide bonds. The van der Waals surface area contributed by atoms with E-state index in [9.17, 15) is 4.79 Å². The van der Waals surface area contributed by atoms with Crippen molar-refractivity contribution in [2.24, 2.45) is 0 Å². The van der Waals surface area contributed by atoms with E-state index >= 15 is 0 Å². The van der Waals surface area contributed by atoms with Crippen molar-refractivity contribution in [1.82, 2.24) is 10.2 Å². The van der Waals surface area contributed by atoms with Crippen molar-refractivity contribution in [3.8, 4) is 17.2 Å². The van der Waals surface area contributed by atoms with Gasteiger partial charge in [-0.3, -0.25) is 0 Å². The number of anilines is 2. The van der Waals surface area contributed by atoms with Gasteiger partial charge >= 0.3 is 6.03 Å². The van der Waals surface area contributed by atoms with Crippen LogP contribution in [0.5, 0.6) is 5.75 Å². The lowest BCUT2D eigenvalue weighted by Crippen LogP contribution is -2.19. The van der Waals surface area contributed by atoms with Crippen molar-refractivity contribution in [3.05, 3.63) is 54.4 Å². The van der Waals surface area contributed by atoms with Gasteiger partial charge in [0.15, 0.2) is 0 Å². The molecule has 0 unspecified atom stereocenters. The van der Waals surface area contributed by atoms with Crippen LogP contribution in [0, 0.1) is 6.92 Å². The molecule has 0 saturated heterocycles. The van der Waals surface area contributed by atoms with Gasteiger partial charge < -0.3 is 19.8 Å². The van der Waals surface area contributed by atoms with E-state index in [0.29, 0.717) is 28.9 Å². The zero-order chi connectivity index (χ0) is 16.9. The molecular formula is C17H16N4O3. The highest BCUT2D eigenvalue weighted by Gasteiger charge is 2.07. The quantitative estimate of drug-likeness (QED) is 0.764. The van der Waals surface area contributed by atoms with Crippen molar-refractivity contribution < 1.29 is 13.9 Å². The summed E-state index contributed by atoms with van der Waals surface area (Å²) in [5.41, 5.74) is 2.08. The molecule has 0 aliphatic heterocycles. The number of amides is 2. The zero-order valence-corrected chi connectivity index (χ0v) is 13.2. The van der Waals surface area contributed by atoms with Crippen molar-refractivity contribution in [1.29, 1.82) is 0 Å². The Balaban J connectivity index is 1.64. The number of nitrogens with one attached hydrogen (secondary N) is 2. The molecule has 3 rings (SSSR count). The maximum atomic E-state index is 12.0. The van der Waals surface area contributed by atoms with Gasteiger partial charge in [-0.1, -0.05) is 6.07 Å². The summed E-state index contributed by atoms with van der Waals surface area (Å²) in [5.74, 6) is 1.62. The minimum atomic E-state index is -0.343. The summed E-state index contributed by atoms with van der Waals surface area (Å²) < 4.78 is 10.5. The molecule has 1 heterocycles. The number of carbonyl (C=O) groups is 1. The zero-order valence-electron chi connectivity index (χ0n) is 13.2. The Bertz CT molecular complexity index is 843. The molecule has 0 atom stereocenters. The first-order valence-corrected chi connectivity index (χ1v) is 7.26. The van der Waals surface area contributed by atoms with E-state index in [2.05, 4.69) is 20.8 Å². The van der Waals surface area contributed by atoms with Gasteiger partial charge in [-0.05, 0) is 36.4 Å². The summed E-state index contributed by atoms with van der Waals surface area (Å²) in [6.45, 7) is 1.73. The lowest BCUT2D eigenvalue weighted by Gasteiger charge is -2.09. The number of aryl methyl sites for hydroxylation is 1. The molecule has 0 aliphatic carbocycles. The van der Waals surface area contributed by atoms with Gasteiger partial charge in [0.05, 0.1) is 7.11 Å². The average molecular weight is 324 g/mol. The lowest BCUT2D eigenvalue weighted by molar-refractivity contribution is 0.262. The summed E-state index contributed by atoms with van der Waals surface area (Å²) in [6.07, 6.45) is 0. The molecule has 2 aromatic carbocycles. The van der Waals surface area contributed by atoms with Crippen molar-refractivity contribution in [3.63, 3.8) is 0 Å². The van der Waals surface area contributed by atoms with Gasteiger partial charge in [-0.2, -0.15) is 0 Å². The van der Waals surface area contributed by atoms with Gasteiger partial charge in [0.25, 0.3) is 0 Å². The first-order chi connectivity index (χ1) is 11.6. The second-order valence-corrected chi connectivity index (χ2v) is 5.01. The second-order valence-electron chi connectivity index (χ2n) is 5.01. The summed E-state index contributed by atoms with van der Waals surface area (Å²) in [4.78, 5) is 12.0. The first kappa shape index (κ1) is 15.5. The monoisotopic (exact) mass is 324 g/mol. The maximum absolute atomic E-state index is 12.0. The van der Waals surface area contributed by atoms with Crippen molar-refractivity contribution in [2.45, 2.75) is 6.92 Å². The minimum Gasteiger partial charge on any atom is -0.497 e. The van der Waals surface area contributed by atoms with Crippen LogP contribution in [-0.4, -0.2) is 23.3 Å². The summed E-state index contributed by atoms with van der Waals surface area (Å²) in [5, 5.41) is 13.2. The van der Waals surface area contributed by atoms with Gasteiger partial charge in [0.2, 0.25) is 11.8 Å². The van der Waals surface area contributed by atoms with Crippen LogP contribution in [0.2, 0.25) is 0 Å². The molecule has 0 radical (unpaired) electrons. The average Bonchev–Trinajstić information content (AvgIpc) is 3.02. The highest BCUT2D eigenvalue weighted by molar-refractivity contribution is 5.99. The Morgan fingerprint density at radius 1 is 1.04 bits per heavy atom. The van der Waals surface area contributed by atoms with Gasteiger partial charge in [0.1, 0.15) is 5.75 Å². The predicted molar refractivity (Wildman–Crippen MR) is 90.1 cm³/mol. The van der Waals surface area contributed by atoms with E-state index in [1.165, 1.54) is 0 Å². The summed E-state index contributed by atoms with van der Waals surface area (Å²) >= 11 is 0. The Hall–Kier alpha value is -3.35. The van der Waals surface area contributed by atoms with E-state index in [1.54, 1.807) is 62.6 Å². The van der Waals surface area contributed by atoms with Gasteiger partial charge in [-0.25, -0.2) is 4.79 Å². The number of benzene rings is 2.